The van der Waals surface area contributed by atoms with E-state index in [1.165, 1.54) is 0 Å². The SMILES string of the molecule is CC(=O)c1cc2c(cc1C)N(C(C)=O)C(C)(C)C[C@H]2C. The normalized spacial score (nSPS) is 20.5. The van der Waals surface area contributed by atoms with Crippen LogP contribution in [-0.2, 0) is 4.79 Å². The molecule has 108 valence electrons. The van der Waals surface area contributed by atoms with Gasteiger partial charge in [0.1, 0.15) is 0 Å². The number of nitrogens with zero attached hydrogens (tertiary/aromatic N) is 1. The molecule has 1 aromatic carbocycles. The first-order valence-electron chi connectivity index (χ1n) is 7.11. The first kappa shape index (κ1) is 14.8. The van der Waals surface area contributed by atoms with Gasteiger partial charge in [-0.05, 0) is 63.3 Å². The average molecular weight is 273 g/mol. The smallest absolute Gasteiger partial charge is 0.224 e. The van der Waals surface area contributed by atoms with Crippen molar-refractivity contribution in [1.82, 2.24) is 0 Å². The van der Waals surface area contributed by atoms with Crippen LogP contribution >= 0.6 is 0 Å². The maximum Gasteiger partial charge on any atom is 0.224 e. The highest BCUT2D eigenvalue weighted by Gasteiger charge is 2.39. The fourth-order valence-electron chi connectivity index (χ4n) is 3.55. The molecule has 20 heavy (non-hydrogen) atoms. The molecule has 1 aliphatic heterocycles. The number of ketones is 1. The van der Waals surface area contributed by atoms with Crippen LogP contribution in [0.1, 0.15) is 68.4 Å². The molecule has 0 unspecified atom stereocenters. The Morgan fingerprint density at radius 1 is 1.25 bits per heavy atom. The number of hydrogen-bond donors (Lipinski definition) is 0. The summed E-state index contributed by atoms with van der Waals surface area (Å²) in [5, 5.41) is 0. The van der Waals surface area contributed by atoms with E-state index in [1.54, 1.807) is 13.8 Å². The molecule has 0 radical (unpaired) electrons. The zero-order chi connectivity index (χ0) is 15.2. The Labute approximate surface area is 121 Å². The Balaban J connectivity index is 2.70. The predicted octanol–water partition coefficient (Wildman–Crippen LogP) is 3.84. The predicted molar refractivity (Wildman–Crippen MR) is 81.5 cm³/mol. The molecule has 0 aromatic heterocycles. The molecule has 1 heterocycles. The van der Waals surface area contributed by atoms with Crippen molar-refractivity contribution in [3.63, 3.8) is 0 Å². The van der Waals surface area contributed by atoms with Crippen LogP contribution in [0, 0.1) is 6.92 Å². The molecule has 0 saturated heterocycles. The molecule has 1 aromatic rings. The van der Waals surface area contributed by atoms with Crippen molar-refractivity contribution in [2.24, 2.45) is 0 Å². The minimum atomic E-state index is -0.192. The summed E-state index contributed by atoms with van der Waals surface area (Å²) < 4.78 is 0. The zero-order valence-electron chi connectivity index (χ0n) is 13.2. The van der Waals surface area contributed by atoms with Crippen molar-refractivity contribution >= 4 is 17.4 Å². The number of carbonyl (C=O) groups excluding carboxylic acids is 2. The highest BCUT2D eigenvalue weighted by Crippen LogP contribution is 2.44. The molecule has 2 rings (SSSR count). The fraction of sp³-hybridized carbons (Fsp3) is 0.529. The molecular weight excluding hydrogens is 250 g/mol. The van der Waals surface area contributed by atoms with Gasteiger partial charge in [-0.2, -0.15) is 0 Å². The monoisotopic (exact) mass is 273 g/mol. The molecular formula is C17H23NO2. The van der Waals surface area contributed by atoms with Gasteiger partial charge in [0.15, 0.2) is 5.78 Å². The van der Waals surface area contributed by atoms with Crippen molar-refractivity contribution < 1.29 is 9.59 Å². The van der Waals surface area contributed by atoms with Crippen LogP contribution in [0.3, 0.4) is 0 Å². The summed E-state index contributed by atoms with van der Waals surface area (Å²) in [6.45, 7) is 11.5. The van der Waals surface area contributed by atoms with E-state index in [0.29, 0.717) is 5.92 Å². The molecule has 3 nitrogen and oxygen atoms in total. The van der Waals surface area contributed by atoms with E-state index < -0.39 is 0 Å². The van der Waals surface area contributed by atoms with E-state index in [-0.39, 0.29) is 17.2 Å². The van der Waals surface area contributed by atoms with Crippen LogP contribution in [0.15, 0.2) is 12.1 Å². The Kier molecular flexibility index (Phi) is 3.49. The standard InChI is InChI=1S/C17H23NO2/c1-10-7-16-15(8-14(10)12(3)19)11(2)9-17(5,6)18(16)13(4)20/h7-8,11H,9H2,1-6H3/t11-/m1/s1. The third-order valence-electron chi connectivity index (χ3n) is 4.25. The van der Waals surface area contributed by atoms with Gasteiger partial charge < -0.3 is 4.90 Å². The van der Waals surface area contributed by atoms with E-state index in [2.05, 4.69) is 20.8 Å². The van der Waals surface area contributed by atoms with Crippen molar-refractivity contribution in [2.75, 3.05) is 4.90 Å². The maximum atomic E-state index is 12.1. The largest absolute Gasteiger partial charge is 0.307 e. The van der Waals surface area contributed by atoms with Crippen molar-refractivity contribution in [3.8, 4) is 0 Å². The van der Waals surface area contributed by atoms with Crippen molar-refractivity contribution in [1.29, 1.82) is 0 Å². The summed E-state index contributed by atoms with van der Waals surface area (Å²) >= 11 is 0. The molecule has 0 spiro atoms. The van der Waals surface area contributed by atoms with Gasteiger partial charge in [-0.25, -0.2) is 0 Å². The summed E-state index contributed by atoms with van der Waals surface area (Å²) in [5.41, 5.74) is 3.58. The number of fused-ring (bicyclic) bond motifs is 1. The lowest BCUT2D eigenvalue weighted by Gasteiger charge is -2.46. The molecule has 0 N–H and O–H groups in total. The summed E-state index contributed by atoms with van der Waals surface area (Å²) in [6, 6.07) is 3.97. The van der Waals surface area contributed by atoms with Crippen LogP contribution in [0.2, 0.25) is 0 Å². The van der Waals surface area contributed by atoms with Gasteiger partial charge in [0.25, 0.3) is 0 Å². The Morgan fingerprint density at radius 3 is 2.35 bits per heavy atom. The Morgan fingerprint density at radius 2 is 1.85 bits per heavy atom. The van der Waals surface area contributed by atoms with Gasteiger partial charge in [0.05, 0.1) is 0 Å². The number of aryl methyl sites for hydroxylation is 1. The lowest BCUT2D eigenvalue weighted by Crippen LogP contribution is -2.50. The third-order valence-corrected chi connectivity index (χ3v) is 4.25. The Hall–Kier alpha value is -1.64. The molecule has 3 heteroatoms. The zero-order valence-corrected chi connectivity index (χ0v) is 13.2. The minimum Gasteiger partial charge on any atom is -0.307 e. The number of carbonyl (C=O) groups is 2. The molecule has 1 aliphatic rings. The van der Waals surface area contributed by atoms with Crippen molar-refractivity contribution in [3.05, 3.63) is 28.8 Å². The third kappa shape index (κ3) is 2.26. The molecule has 0 fully saturated rings. The first-order chi connectivity index (χ1) is 9.15. The highest BCUT2D eigenvalue weighted by atomic mass is 16.2. The molecule has 0 bridgehead atoms. The van der Waals surface area contributed by atoms with Crippen molar-refractivity contribution in [2.45, 2.75) is 59.4 Å². The fourth-order valence-corrected chi connectivity index (χ4v) is 3.55. The van der Waals surface area contributed by atoms with Crippen LogP contribution in [0.4, 0.5) is 5.69 Å². The molecule has 0 saturated carbocycles. The second-order valence-electron chi connectivity index (χ2n) is 6.55. The number of rotatable bonds is 1. The van der Waals surface area contributed by atoms with Crippen LogP contribution in [-0.4, -0.2) is 17.2 Å². The lowest BCUT2D eigenvalue weighted by atomic mass is 9.78. The number of benzene rings is 1. The second-order valence-corrected chi connectivity index (χ2v) is 6.55. The van der Waals surface area contributed by atoms with E-state index >= 15 is 0 Å². The van der Waals surface area contributed by atoms with Gasteiger partial charge in [0, 0.05) is 23.7 Å². The number of Topliss-reactive ketones (excluding diaryl/α,β-unsaturated/α-hetero) is 1. The summed E-state index contributed by atoms with van der Waals surface area (Å²) in [7, 11) is 0. The minimum absolute atomic E-state index is 0.0538. The first-order valence-corrected chi connectivity index (χ1v) is 7.11. The number of anilines is 1. The van der Waals surface area contributed by atoms with E-state index in [9.17, 15) is 9.59 Å². The molecule has 1 amide bonds. The maximum absolute atomic E-state index is 12.1. The van der Waals surface area contributed by atoms with Crippen LogP contribution in [0.25, 0.3) is 0 Å². The van der Waals surface area contributed by atoms with Gasteiger partial charge in [-0.3, -0.25) is 9.59 Å². The van der Waals surface area contributed by atoms with Gasteiger partial charge >= 0.3 is 0 Å². The Bertz CT molecular complexity index is 587. The number of amides is 1. The average Bonchev–Trinajstić information content (AvgIpc) is 2.25. The van der Waals surface area contributed by atoms with E-state index in [1.807, 2.05) is 24.0 Å². The molecule has 1 atom stereocenters. The topological polar surface area (TPSA) is 37.4 Å². The highest BCUT2D eigenvalue weighted by molar-refractivity contribution is 5.99. The molecule has 0 aliphatic carbocycles. The van der Waals surface area contributed by atoms with Gasteiger partial charge in [0.2, 0.25) is 5.91 Å². The number of hydrogen-bond acceptors (Lipinski definition) is 2. The van der Waals surface area contributed by atoms with E-state index in [0.717, 1.165) is 28.8 Å². The van der Waals surface area contributed by atoms with Gasteiger partial charge in [-0.1, -0.05) is 6.92 Å². The summed E-state index contributed by atoms with van der Waals surface area (Å²) in [5.74, 6) is 0.476. The lowest BCUT2D eigenvalue weighted by molar-refractivity contribution is -0.117. The summed E-state index contributed by atoms with van der Waals surface area (Å²) in [4.78, 5) is 25.7. The summed E-state index contributed by atoms with van der Waals surface area (Å²) in [6.07, 6.45) is 0.903. The van der Waals surface area contributed by atoms with E-state index in [4.69, 9.17) is 0 Å². The van der Waals surface area contributed by atoms with Crippen LogP contribution < -0.4 is 4.90 Å². The van der Waals surface area contributed by atoms with Gasteiger partial charge in [-0.15, -0.1) is 0 Å². The quantitative estimate of drug-likeness (QED) is 0.729. The van der Waals surface area contributed by atoms with Crippen LogP contribution in [0.5, 0.6) is 0 Å². The second kappa shape index (κ2) is 4.72.